The van der Waals surface area contributed by atoms with Crippen LogP contribution in [0.4, 0.5) is 5.69 Å². The van der Waals surface area contributed by atoms with Gasteiger partial charge < -0.3 is 10.1 Å². The van der Waals surface area contributed by atoms with Crippen LogP contribution in [0.5, 0.6) is 5.75 Å². The molecule has 1 atom stereocenters. The van der Waals surface area contributed by atoms with Crippen LogP contribution in [0.25, 0.3) is 11.1 Å². The van der Waals surface area contributed by atoms with Crippen molar-refractivity contribution >= 4 is 11.6 Å². The molecule has 0 radical (unpaired) electrons. The monoisotopic (exact) mass is 388 g/mol. The number of anilines is 1. The van der Waals surface area contributed by atoms with Gasteiger partial charge in [-0.2, -0.15) is 0 Å². The smallest absolute Gasteiger partial charge is 0.241 e. The summed E-state index contributed by atoms with van der Waals surface area (Å²) in [6, 6.07) is 23.8. The summed E-state index contributed by atoms with van der Waals surface area (Å²) < 4.78 is 5.47. The number of nitrogens with zero attached hydrogens (tertiary/aromatic N) is 1. The zero-order valence-corrected chi connectivity index (χ0v) is 17.5. The Kier molecular flexibility index (Phi) is 6.68. The van der Waals surface area contributed by atoms with Gasteiger partial charge in [0.25, 0.3) is 0 Å². The lowest BCUT2D eigenvalue weighted by molar-refractivity contribution is -0.120. The van der Waals surface area contributed by atoms with Crippen LogP contribution < -0.4 is 10.1 Å². The number of methoxy groups -OCH3 is 1. The van der Waals surface area contributed by atoms with Crippen molar-refractivity contribution in [2.24, 2.45) is 0 Å². The molecule has 150 valence electrons. The van der Waals surface area contributed by atoms with Crippen LogP contribution in [0, 0.1) is 6.92 Å². The summed E-state index contributed by atoms with van der Waals surface area (Å²) in [5, 5.41) is 3.10. The Hall–Kier alpha value is -3.11. The predicted octanol–water partition coefficient (Wildman–Crippen LogP) is 5.13. The predicted molar refractivity (Wildman–Crippen MR) is 119 cm³/mol. The summed E-state index contributed by atoms with van der Waals surface area (Å²) in [6.45, 7) is 4.60. The van der Waals surface area contributed by atoms with E-state index < -0.39 is 0 Å². The molecule has 0 spiro atoms. The fourth-order valence-electron chi connectivity index (χ4n) is 3.34. The maximum Gasteiger partial charge on any atom is 0.241 e. The van der Waals surface area contributed by atoms with Gasteiger partial charge in [-0.1, -0.05) is 66.2 Å². The van der Waals surface area contributed by atoms with Crippen molar-refractivity contribution in [3.05, 3.63) is 83.9 Å². The van der Waals surface area contributed by atoms with Gasteiger partial charge in [0, 0.05) is 23.4 Å². The summed E-state index contributed by atoms with van der Waals surface area (Å²) in [7, 11) is 3.62. The van der Waals surface area contributed by atoms with Gasteiger partial charge in [-0.3, -0.25) is 9.69 Å². The van der Waals surface area contributed by atoms with Crippen LogP contribution in [0.1, 0.15) is 18.1 Å². The van der Waals surface area contributed by atoms with E-state index in [9.17, 15) is 4.79 Å². The molecule has 4 nitrogen and oxygen atoms in total. The quantitative estimate of drug-likeness (QED) is 0.610. The van der Waals surface area contributed by atoms with Crippen molar-refractivity contribution in [1.82, 2.24) is 4.90 Å². The highest BCUT2D eigenvalue weighted by Gasteiger charge is 2.20. The Labute approximate surface area is 173 Å². The zero-order chi connectivity index (χ0) is 20.8. The highest BCUT2D eigenvalue weighted by molar-refractivity contribution is 5.98. The summed E-state index contributed by atoms with van der Waals surface area (Å²) in [5.74, 6) is 0.798. The Morgan fingerprint density at radius 2 is 1.72 bits per heavy atom. The van der Waals surface area contributed by atoms with Crippen LogP contribution in [0.2, 0.25) is 0 Å². The number of ether oxygens (including phenoxy) is 1. The third-order valence-electron chi connectivity index (χ3n) is 5.17. The Balaban J connectivity index is 1.74. The number of benzene rings is 3. The van der Waals surface area contributed by atoms with Gasteiger partial charge in [-0.25, -0.2) is 0 Å². The second-order valence-electron chi connectivity index (χ2n) is 7.31. The Morgan fingerprint density at radius 3 is 2.45 bits per heavy atom. The molecule has 4 heteroatoms. The molecule has 0 aromatic heterocycles. The lowest BCUT2D eigenvalue weighted by atomic mass is 10.0. The maximum absolute atomic E-state index is 13.0. The maximum atomic E-state index is 13.0. The first-order valence-electron chi connectivity index (χ1n) is 9.78. The number of likely N-dealkylation sites (N-methyl/N-ethyl adjacent to an activating group) is 1. The molecular weight excluding hydrogens is 360 g/mol. The van der Waals surface area contributed by atoms with Crippen molar-refractivity contribution in [2.75, 3.05) is 19.5 Å². The van der Waals surface area contributed by atoms with Crippen LogP contribution in [0.15, 0.2) is 72.8 Å². The zero-order valence-electron chi connectivity index (χ0n) is 17.5. The topological polar surface area (TPSA) is 41.6 Å². The SMILES string of the molecule is COc1ccc(C)cc1CN(C)C(C)C(=O)Nc1ccccc1-c1ccccc1. The summed E-state index contributed by atoms with van der Waals surface area (Å²) >= 11 is 0. The van der Waals surface area contributed by atoms with E-state index in [4.69, 9.17) is 4.74 Å². The number of aryl methyl sites for hydroxylation is 1. The van der Waals surface area contributed by atoms with E-state index in [1.54, 1.807) is 7.11 Å². The van der Waals surface area contributed by atoms with E-state index in [-0.39, 0.29) is 11.9 Å². The minimum Gasteiger partial charge on any atom is -0.496 e. The minimum atomic E-state index is -0.302. The van der Waals surface area contributed by atoms with Crippen molar-refractivity contribution < 1.29 is 9.53 Å². The van der Waals surface area contributed by atoms with Crippen LogP contribution >= 0.6 is 0 Å². The molecule has 1 unspecified atom stereocenters. The molecule has 0 aliphatic rings. The number of carbonyl (C=O) groups excluding carboxylic acids is 1. The van der Waals surface area contributed by atoms with E-state index in [0.717, 1.165) is 28.1 Å². The molecular formula is C25H28N2O2. The van der Waals surface area contributed by atoms with Gasteiger partial charge in [-0.05, 0) is 38.6 Å². The first kappa shape index (κ1) is 20.6. The van der Waals surface area contributed by atoms with Gasteiger partial charge in [0.15, 0.2) is 0 Å². The molecule has 1 amide bonds. The molecule has 0 fully saturated rings. The summed E-state index contributed by atoms with van der Waals surface area (Å²) in [5.41, 5.74) is 5.14. The van der Waals surface area contributed by atoms with E-state index >= 15 is 0 Å². The number of hydrogen-bond donors (Lipinski definition) is 1. The molecule has 3 rings (SSSR count). The molecule has 0 aliphatic heterocycles. The molecule has 1 N–H and O–H groups in total. The van der Waals surface area contributed by atoms with Crippen molar-refractivity contribution in [3.63, 3.8) is 0 Å². The van der Waals surface area contributed by atoms with Crippen LogP contribution in [-0.2, 0) is 11.3 Å². The summed E-state index contributed by atoms with van der Waals surface area (Å²) in [6.07, 6.45) is 0. The van der Waals surface area contributed by atoms with Crippen molar-refractivity contribution in [1.29, 1.82) is 0 Å². The number of amides is 1. The van der Waals surface area contributed by atoms with E-state index in [0.29, 0.717) is 6.54 Å². The van der Waals surface area contributed by atoms with E-state index in [1.807, 2.05) is 85.6 Å². The number of rotatable bonds is 7. The average Bonchev–Trinajstić information content (AvgIpc) is 2.74. The lowest BCUT2D eigenvalue weighted by Crippen LogP contribution is -2.39. The van der Waals surface area contributed by atoms with E-state index in [2.05, 4.69) is 18.3 Å². The Bertz CT molecular complexity index is 970. The van der Waals surface area contributed by atoms with Gasteiger partial charge in [0.05, 0.1) is 13.2 Å². The third kappa shape index (κ3) is 5.04. The number of carbonyl (C=O) groups is 1. The first-order valence-corrected chi connectivity index (χ1v) is 9.78. The third-order valence-corrected chi connectivity index (χ3v) is 5.17. The molecule has 0 bridgehead atoms. The number of nitrogens with one attached hydrogen (secondary N) is 1. The standard InChI is InChI=1S/C25H28N2O2/c1-18-14-15-24(29-4)21(16-18)17-27(3)19(2)25(28)26-23-13-9-8-12-22(23)20-10-6-5-7-11-20/h5-16,19H,17H2,1-4H3,(H,26,28). The Morgan fingerprint density at radius 1 is 1.03 bits per heavy atom. The molecule has 0 saturated heterocycles. The molecule has 0 heterocycles. The molecule has 3 aromatic rings. The fraction of sp³-hybridized carbons (Fsp3) is 0.240. The molecule has 29 heavy (non-hydrogen) atoms. The second-order valence-corrected chi connectivity index (χ2v) is 7.31. The minimum absolute atomic E-state index is 0.0394. The molecule has 0 aliphatic carbocycles. The van der Waals surface area contributed by atoms with Gasteiger partial charge in [0.2, 0.25) is 5.91 Å². The van der Waals surface area contributed by atoms with Gasteiger partial charge in [-0.15, -0.1) is 0 Å². The highest BCUT2D eigenvalue weighted by Crippen LogP contribution is 2.28. The molecule has 0 saturated carbocycles. The summed E-state index contributed by atoms with van der Waals surface area (Å²) in [4.78, 5) is 15.0. The number of hydrogen-bond acceptors (Lipinski definition) is 3. The highest BCUT2D eigenvalue weighted by atomic mass is 16.5. The van der Waals surface area contributed by atoms with Gasteiger partial charge >= 0.3 is 0 Å². The van der Waals surface area contributed by atoms with E-state index in [1.165, 1.54) is 5.56 Å². The van der Waals surface area contributed by atoms with Crippen molar-refractivity contribution in [3.8, 4) is 16.9 Å². The lowest BCUT2D eigenvalue weighted by Gasteiger charge is -2.25. The fourth-order valence-corrected chi connectivity index (χ4v) is 3.34. The number of para-hydroxylation sites is 1. The average molecular weight is 389 g/mol. The van der Waals surface area contributed by atoms with Crippen LogP contribution in [0.3, 0.4) is 0 Å². The first-order chi connectivity index (χ1) is 14.0. The van der Waals surface area contributed by atoms with Crippen molar-refractivity contribution in [2.45, 2.75) is 26.4 Å². The van der Waals surface area contributed by atoms with Gasteiger partial charge in [0.1, 0.15) is 5.75 Å². The largest absolute Gasteiger partial charge is 0.496 e. The molecule has 3 aromatic carbocycles. The van der Waals surface area contributed by atoms with Crippen LogP contribution in [-0.4, -0.2) is 31.0 Å². The normalized spacial score (nSPS) is 11.9. The second kappa shape index (κ2) is 9.39.